The van der Waals surface area contributed by atoms with Crippen LogP contribution in [0.25, 0.3) is 22.0 Å². The second kappa shape index (κ2) is 7.13. The van der Waals surface area contributed by atoms with Crippen LogP contribution in [0.2, 0.25) is 0 Å². The first-order valence-electron chi connectivity index (χ1n) is 9.20. The van der Waals surface area contributed by atoms with E-state index in [0.717, 1.165) is 40.4 Å². The number of aromatic nitrogens is 2. The molecule has 0 saturated heterocycles. The highest BCUT2D eigenvalue weighted by Crippen LogP contribution is 2.42. The van der Waals surface area contributed by atoms with Crippen molar-refractivity contribution in [3.05, 3.63) is 47.8 Å². The summed E-state index contributed by atoms with van der Waals surface area (Å²) in [6.07, 6.45) is 8.76. The SMILES string of the molecule is COc1ncc(C#N)c2c1c(-c1cccc(CC#N)c1)cn2C1CCCC1. The van der Waals surface area contributed by atoms with E-state index >= 15 is 0 Å². The number of hydrogen-bond acceptors (Lipinski definition) is 4. The Labute approximate surface area is 158 Å². The zero-order valence-electron chi connectivity index (χ0n) is 15.3. The van der Waals surface area contributed by atoms with E-state index in [2.05, 4.69) is 27.9 Å². The molecule has 0 aliphatic heterocycles. The van der Waals surface area contributed by atoms with Crippen LogP contribution < -0.4 is 4.74 Å². The molecule has 3 aromatic rings. The molecule has 0 amide bonds. The van der Waals surface area contributed by atoms with Gasteiger partial charge in [-0.3, -0.25) is 0 Å². The molecule has 0 N–H and O–H groups in total. The van der Waals surface area contributed by atoms with E-state index in [1.165, 1.54) is 12.8 Å². The largest absolute Gasteiger partial charge is 0.480 e. The maximum absolute atomic E-state index is 9.68. The molecular weight excluding hydrogens is 336 g/mol. The van der Waals surface area contributed by atoms with E-state index in [4.69, 9.17) is 10.00 Å². The molecular formula is C22H20N4O. The predicted molar refractivity (Wildman–Crippen MR) is 103 cm³/mol. The summed E-state index contributed by atoms with van der Waals surface area (Å²) >= 11 is 0. The zero-order chi connectivity index (χ0) is 18.8. The zero-order valence-corrected chi connectivity index (χ0v) is 15.3. The fraction of sp³-hybridized carbons (Fsp3) is 0.318. The van der Waals surface area contributed by atoms with Crippen molar-refractivity contribution in [1.82, 2.24) is 9.55 Å². The second-order valence-electron chi connectivity index (χ2n) is 6.94. The smallest absolute Gasteiger partial charge is 0.223 e. The first-order valence-corrected chi connectivity index (χ1v) is 9.20. The molecule has 1 aromatic carbocycles. The first-order chi connectivity index (χ1) is 13.3. The Morgan fingerprint density at radius 2 is 2.07 bits per heavy atom. The van der Waals surface area contributed by atoms with Gasteiger partial charge in [-0.05, 0) is 24.0 Å². The molecule has 0 radical (unpaired) electrons. The Hall–Kier alpha value is -3.31. The third kappa shape index (κ3) is 2.92. The summed E-state index contributed by atoms with van der Waals surface area (Å²) in [6.45, 7) is 0. The number of methoxy groups -OCH3 is 1. The highest BCUT2D eigenvalue weighted by Gasteiger charge is 2.25. The lowest BCUT2D eigenvalue weighted by Gasteiger charge is -2.14. The summed E-state index contributed by atoms with van der Waals surface area (Å²) in [7, 11) is 1.61. The maximum Gasteiger partial charge on any atom is 0.223 e. The Morgan fingerprint density at radius 1 is 1.26 bits per heavy atom. The third-order valence-electron chi connectivity index (χ3n) is 5.37. The van der Waals surface area contributed by atoms with Crippen molar-refractivity contribution < 1.29 is 4.74 Å². The van der Waals surface area contributed by atoms with Crippen LogP contribution in [0.15, 0.2) is 36.7 Å². The van der Waals surface area contributed by atoms with Gasteiger partial charge in [-0.15, -0.1) is 0 Å². The Kier molecular flexibility index (Phi) is 4.52. The summed E-state index contributed by atoms with van der Waals surface area (Å²) in [5.41, 5.74) is 4.45. The van der Waals surface area contributed by atoms with Gasteiger partial charge in [0.2, 0.25) is 5.88 Å². The van der Waals surface area contributed by atoms with Crippen molar-refractivity contribution in [2.75, 3.05) is 7.11 Å². The van der Waals surface area contributed by atoms with Crippen LogP contribution in [-0.4, -0.2) is 16.7 Å². The lowest BCUT2D eigenvalue weighted by molar-refractivity contribution is 0.403. The fourth-order valence-electron chi connectivity index (χ4n) is 4.13. The average Bonchev–Trinajstić information content (AvgIpc) is 3.36. The van der Waals surface area contributed by atoms with E-state index in [9.17, 15) is 5.26 Å². The quantitative estimate of drug-likeness (QED) is 0.675. The molecule has 5 heteroatoms. The summed E-state index contributed by atoms with van der Waals surface area (Å²) in [6, 6.07) is 12.9. The van der Waals surface area contributed by atoms with E-state index in [-0.39, 0.29) is 0 Å². The topological polar surface area (TPSA) is 74.6 Å². The Balaban J connectivity index is 2.02. The highest BCUT2D eigenvalue weighted by atomic mass is 16.5. The molecule has 134 valence electrons. The van der Waals surface area contributed by atoms with Crippen molar-refractivity contribution >= 4 is 10.9 Å². The normalized spacial score (nSPS) is 14.2. The van der Waals surface area contributed by atoms with Crippen LogP contribution in [0.5, 0.6) is 5.88 Å². The molecule has 1 aliphatic rings. The molecule has 0 atom stereocenters. The Bertz CT molecular complexity index is 1080. The number of nitrogens with zero attached hydrogens (tertiary/aromatic N) is 4. The number of pyridine rings is 1. The summed E-state index contributed by atoms with van der Waals surface area (Å²) in [5, 5.41) is 19.6. The molecule has 0 unspecified atom stereocenters. The van der Waals surface area contributed by atoms with Gasteiger partial charge in [0.05, 0.1) is 42.3 Å². The van der Waals surface area contributed by atoms with Crippen molar-refractivity contribution in [1.29, 1.82) is 10.5 Å². The number of ether oxygens (including phenoxy) is 1. The number of nitriles is 2. The van der Waals surface area contributed by atoms with E-state index in [1.54, 1.807) is 13.3 Å². The molecule has 1 fully saturated rings. The molecule has 4 rings (SSSR count). The number of hydrogen-bond donors (Lipinski definition) is 0. The molecule has 0 bridgehead atoms. The molecule has 2 aromatic heterocycles. The second-order valence-corrected chi connectivity index (χ2v) is 6.94. The van der Waals surface area contributed by atoms with Gasteiger partial charge in [0.15, 0.2) is 0 Å². The first kappa shape index (κ1) is 17.1. The van der Waals surface area contributed by atoms with Crippen LogP contribution in [0.3, 0.4) is 0 Å². The van der Waals surface area contributed by atoms with Crippen molar-refractivity contribution in [3.63, 3.8) is 0 Å². The van der Waals surface area contributed by atoms with Crippen molar-refractivity contribution in [2.24, 2.45) is 0 Å². The van der Waals surface area contributed by atoms with Gasteiger partial charge in [-0.1, -0.05) is 37.1 Å². The van der Waals surface area contributed by atoms with Gasteiger partial charge < -0.3 is 9.30 Å². The monoisotopic (exact) mass is 356 g/mol. The van der Waals surface area contributed by atoms with Crippen molar-refractivity contribution in [2.45, 2.75) is 38.1 Å². The molecule has 0 spiro atoms. The van der Waals surface area contributed by atoms with E-state index < -0.39 is 0 Å². The predicted octanol–water partition coefficient (Wildman–Crippen LogP) is 4.76. The lowest BCUT2D eigenvalue weighted by atomic mass is 10.0. The minimum absolute atomic E-state index is 0.369. The van der Waals surface area contributed by atoms with Crippen LogP contribution >= 0.6 is 0 Å². The van der Waals surface area contributed by atoms with E-state index in [0.29, 0.717) is 23.9 Å². The average molecular weight is 356 g/mol. The van der Waals surface area contributed by atoms with E-state index in [1.807, 2.05) is 24.3 Å². The minimum atomic E-state index is 0.369. The molecule has 1 saturated carbocycles. The summed E-state index contributed by atoms with van der Waals surface area (Å²) < 4.78 is 7.80. The van der Waals surface area contributed by atoms with Gasteiger partial charge in [0, 0.05) is 17.8 Å². The molecule has 5 nitrogen and oxygen atoms in total. The van der Waals surface area contributed by atoms with Gasteiger partial charge in [0.1, 0.15) is 6.07 Å². The van der Waals surface area contributed by atoms with Gasteiger partial charge in [-0.2, -0.15) is 10.5 Å². The van der Waals surface area contributed by atoms with Crippen LogP contribution in [0.4, 0.5) is 0 Å². The fourth-order valence-corrected chi connectivity index (χ4v) is 4.13. The summed E-state index contributed by atoms with van der Waals surface area (Å²) in [5.74, 6) is 0.529. The standard InChI is InChI=1S/C22H20N4O/c1-27-22-20-19(16-6-4-5-15(11-16)9-10-23)14-26(18-7-2-3-8-18)21(20)17(12-24)13-25-22/h4-6,11,13-14,18H,2-3,7-9H2,1H3. The molecule has 2 heterocycles. The highest BCUT2D eigenvalue weighted by molar-refractivity contribution is 6.02. The van der Waals surface area contributed by atoms with Crippen molar-refractivity contribution in [3.8, 4) is 29.1 Å². The lowest BCUT2D eigenvalue weighted by Crippen LogP contribution is -2.04. The van der Waals surface area contributed by atoms with Gasteiger partial charge in [0.25, 0.3) is 0 Å². The van der Waals surface area contributed by atoms with Crippen LogP contribution in [-0.2, 0) is 6.42 Å². The van der Waals surface area contributed by atoms with Gasteiger partial charge >= 0.3 is 0 Å². The summed E-state index contributed by atoms with van der Waals surface area (Å²) in [4.78, 5) is 4.37. The number of rotatable bonds is 4. The van der Waals surface area contributed by atoms with Crippen LogP contribution in [0.1, 0.15) is 42.9 Å². The third-order valence-corrected chi connectivity index (χ3v) is 5.37. The number of benzene rings is 1. The number of fused-ring (bicyclic) bond motifs is 1. The Morgan fingerprint density at radius 3 is 2.78 bits per heavy atom. The molecule has 1 aliphatic carbocycles. The maximum atomic E-state index is 9.68. The minimum Gasteiger partial charge on any atom is -0.480 e. The van der Waals surface area contributed by atoms with Crippen LogP contribution in [0, 0.1) is 22.7 Å². The molecule has 27 heavy (non-hydrogen) atoms. The van der Waals surface area contributed by atoms with Gasteiger partial charge in [-0.25, -0.2) is 4.98 Å².